The van der Waals surface area contributed by atoms with E-state index < -0.39 is 11.5 Å². The van der Waals surface area contributed by atoms with Crippen molar-refractivity contribution in [1.82, 2.24) is 9.97 Å². The van der Waals surface area contributed by atoms with E-state index in [2.05, 4.69) is 9.97 Å². The third-order valence-corrected chi connectivity index (χ3v) is 3.57. The number of rotatable bonds is 2. The van der Waals surface area contributed by atoms with Gasteiger partial charge in [0.1, 0.15) is 23.0 Å². The molecule has 0 fully saturated rings. The van der Waals surface area contributed by atoms with E-state index in [0.29, 0.717) is 11.3 Å². The minimum Gasteiger partial charge on any atom is -0.462 e. The van der Waals surface area contributed by atoms with Crippen molar-refractivity contribution in [2.24, 2.45) is 0 Å². The number of esters is 1. The summed E-state index contributed by atoms with van der Waals surface area (Å²) in [5.74, 6) is -0.331. The fraction of sp³-hybridized carbons (Fsp3) is 0.125. The fourth-order valence-corrected chi connectivity index (χ4v) is 2.63. The van der Waals surface area contributed by atoms with Crippen LogP contribution in [0.2, 0.25) is 0 Å². The van der Waals surface area contributed by atoms with Gasteiger partial charge in [-0.25, -0.2) is 4.79 Å². The van der Waals surface area contributed by atoms with Crippen molar-refractivity contribution in [3.8, 4) is 17.7 Å². The average molecular weight is 341 g/mol. The second-order valence-electron chi connectivity index (χ2n) is 4.79. The first kappa shape index (κ1) is 15.7. The molecule has 2 aromatic rings. The number of nitrogens with one attached hydrogen (secondary N) is 2. The van der Waals surface area contributed by atoms with Crippen LogP contribution in [0.25, 0.3) is 5.57 Å². The lowest BCUT2D eigenvalue weighted by Crippen LogP contribution is -2.21. The molecule has 1 aromatic carbocycles. The van der Waals surface area contributed by atoms with Gasteiger partial charge in [0.05, 0.1) is 6.61 Å². The van der Waals surface area contributed by atoms with Gasteiger partial charge in [0.2, 0.25) is 5.88 Å². The number of aromatic nitrogens is 2. The zero-order valence-electron chi connectivity index (χ0n) is 12.5. The van der Waals surface area contributed by atoms with Gasteiger partial charge in [-0.05, 0) is 25.2 Å². The maximum Gasteiger partial charge on any atom is 0.349 e. The lowest BCUT2D eigenvalue weighted by atomic mass is 9.92. The maximum absolute atomic E-state index is 12.4. The summed E-state index contributed by atoms with van der Waals surface area (Å²) in [7, 11) is 0. The van der Waals surface area contributed by atoms with Crippen LogP contribution >= 0.6 is 12.2 Å². The fourth-order valence-electron chi connectivity index (χ4n) is 2.44. The van der Waals surface area contributed by atoms with Crippen LogP contribution in [0.1, 0.15) is 18.1 Å². The number of aromatic amines is 2. The molecule has 0 aliphatic carbocycles. The Morgan fingerprint density at radius 3 is 2.83 bits per heavy atom. The third-order valence-electron chi connectivity index (χ3n) is 3.37. The number of hydrogen-bond donors (Lipinski definition) is 2. The lowest BCUT2D eigenvalue weighted by Gasteiger charge is -2.22. The molecule has 0 spiro atoms. The molecule has 0 radical (unpaired) electrons. The van der Waals surface area contributed by atoms with Crippen LogP contribution in [0, 0.1) is 16.1 Å². The summed E-state index contributed by atoms with van der Waals surface area (Å²) >= 11 is 4.95. The molecular formula is C16H11N3O4S. The van der Waals surface area contributed by atoms with Crippen LogP contribution in [-0.4, -0.2) is 22.5 Å². The molecule has 8 heteroatoms. The molecule has 1 aliphatic heterocycles. The molecule has 7 nitrogen and oxygen atoms in total. The van der Waals surface area contributed by atoms with Crippen molar-refractivity contribution in [2.75, 3.05) is 6.61 Å². The largest absolute Gasteiger partial charge is 0.462 e. The van der Waals surface area contributed by atoms with Gasteiger partial charge < -0.3 is 14.5 Å². The number of carbonyl (C=O) groups is 1. The molecule has 0 amide bonds. The molecule has 1 aliphatic rings. The summed E-state index contributed by atoms with van der Waals surface area (Å²) in [6, 6.07) is 8.61. The number of benzene rings is 1. The predicted molar refractivity (Wildman–Crippen MR) is 87.0 cm³/mol. The lowest BCUT2D eigenvalue weighted by molar-refractivity contribution is -0.137. The van der Waals surface area contributed by atoms with Gasteiger partial charge in [0.25, 0.3) is 5.56 Å². The number of hydrogen-bond acceptors (Lipinski definition) is 6. The zero-order valence-corrected chi connectivity index (χ0v) is 13.3. The number of fused-ring (bicyclic) bond motifs is 2. The summed E-state index contributed by atoms with van der Waals surface area (Å²) < 4.78 is 10.7. The summed E-state index contributed by atoms with van der Waals surface area (Å²) in [6.45, 7) is 1.74. The highest BCUT2D eigenvalue weighted by molar-refractivity contribution is 7.71. The molecule has 1 aromatic heterocycles. The molecule has 2 N–H and O–H groups in total. The SMILES string of the molecule is CCOC(=O)/C(C#N)=C1\c2ccccc2Oc2[nH]c(=S)[nH]c(=O)c21. The van der Waals surface area contributed by atoms with Gasteiger partial charge in [-0.2, -0.15) is 5.26 Å². The van der Waals surface area contributed by atoms with Crippen molar-refractivity contribution in [3.05, 3.63) is 56.1 Å². The Morgan fingerprint density at radius 1 is 1.38 bits per heavy atom. The quantitative estimate of drug-likeness (QED) is 0.321. The first-order chi connectivity index (χ1) is 11.6. The van der Waals surface area contributed by atoms with Crippen molar-refractivity contribution >= 4 is 23.8 Å². The Labute approximate surface area is 141 Å². The van der Waals surface area contributed by atoms with Gasteiger partial charge >= 0.3 is 5.97 Å². The van der Waals surface area contributed by atoms with Crippen molar-refractivity contribution < 1.29 is 14.3 Å². The topological polar surface area (TPSA) is 108 Å². The van der Waals surface area contributed by atoms with E-state index in [9.17, 15) is 14.9 Å². The van der Waals surface area contributed by atoms with Crippen molar-refractivity contribution in [1.29, 1.82) is 5.26 Å². The molecular weight excluding hydrogens is 330 g/mol. The highest BCUT2D eigenvalue weighted by Crippen LogP contribution is 2.42. The molecule has 120 valence electrons. The van der Waals surface area contributed by atoms with Crippen LogP contribution in [0.15, 0.2) is 34.6 Å². The first-order valence-corrected chi connectivity index (χ1v) is 7.43. The van der Waals surface area contributed by atoms with Gasteiger partial charge in [-0.1, -0.05) is 18.2 Å². The Kier molecular flexibility index (Phi) is 4.02. The normalized spacial score (nSPS) is 13.8. The average Bonchev–Trinajstić information content (AvgIpc) is 2.54. The van der Waals surface area contributed by atoms with E-state index in [-0.39, 0.29) is 34.0 Å². The summed E-state index contributed by atoms with van der Waals surface area (Å²) in [4.78, 5) is 29.7. The van der Waals surface area contributed by atoms with Crippen LogP contribution in [0.4, 0.5) is 0 Å². The minimum absolute atomic E-state index is 0.0342. The van der Waals surface area contributed by atoms with Crippen LogP contribution in [-0.2, 0) is 9.53 Å². The van der Waals surface area contributed by atoms with E-state index >= 15 is 0 Å². The Bertz CT molecular complexity index is 1030. The van der Waals surface area contributed by atoms with E-state index in [4.69, 9.17) is 21.7 Å². The summed E-state index contributed by atoms with van der Waals surface area (Å²) in [6.07, 6.45) is 0. The molecule has 24 heavy (non-hydrogen) atoms. The molecule has 2 heterocycles. The van der Waals surface area contributed by atoms with E-state index in [0.717, 1.165) is 0 Å². The molecule has 0 unspecified atom stereocenters. The number of nitriles is 1. The zero-order chi connectivity index (χ0) is 17.3. The van der Waals surface area contributed by atoms with Gasteiger partial charge in [-0.3, -0.25) is 9.78 Å². The molecule has 0 saturated heterocycles. The number of nitrogens with zero attached hydrogens (tertiary/aromatic N) is 1. The van der Waals surface area contributed by atoms with Crippen LogP contribution in [0.5, 0.6) is 11.6 Å². The molecule has 0 saturated carbocycles. The number of ether oxygens (including phenoxy) is 2. The Morgan fingerprint density at radius 2 is 2.12 bits per heavy atom. The molecule has 0 bridgehead atoms. The molecule has 3 rings (SSSR count). The van der Waals surface area contributed by atoms with Gasteiger partial charge in [-0.15, -0.1) is 0 Å². The first-order valence-electron chi connectivity index (χ1n) is 7.02. The Hall–Kier alpha value is -3.18. The Balaban J connectivity index is 2.42. The smallest absolute Gasteiger partial charge is 0.349 e. The monoisotopic (exact) mass is 341 g/mol. The predicted octanol–water partition coefficient (Wildman–Crippen LogP) is 2.43. The number of H-pyrrole nitrogens is 2. The van der Waals surface area contributed by atoms with Crippen molar-refractivity contribution in [2.45, 2.75) is 6.92 Å². The minimum atomic E-state index is -0.806. The second kappa shape index (κ2) is 6.14. The van der Waals surface area contributed by atoms with Crippen LogP contribution < -0.4 is 10.3 Å². The number of carbonyl (C=O) groups excluding carboxylic acids is 1. The standard InChI is InChI=1S/C16H11N3O4S/c1-2-22-15(21)9(7-17)11-8-5-3-4-6-10(8)23-14-12(11)13(20)18-16(24)19-14/h3-6H,2H2,1H3,(H2,18,19,20,24)/b11-9+. The maximum atomic E-state index is 12.4. The van der Waals surface area contributed by atoms with E-state index in [1.807, 2.05) is 6.07 Å². The van der Waals surface area contributed by atoms with E-state index in [1.165, 1.54) is 0 Å². The van der Waals surface area contributed by atoms with Gasteiger partial charge in [0, 0.05) is 11.1 Å². The van der Waals surface area contributed by atoms with E-state index in [1.54, 1.807) is 31.2 Å². The van der Waals surface area contributed by atoms with Crippen LogP contribution in [0.3, 0.4) is 0 Å². The number of para-hydroxylation sites is 1. The third kappa shape index (κ3) is 2.51. The molecule has 0 atom stereocenters. The second-order valence-corrected chi connectivity index (χ2v) is 5.20. The van der Waals surface area contributed by atoms with Crippen molar-refractivity contribution in [3.63, 3.8) is 0 Å². The highest BCUT2D eigenvalue weighted by Gasteiger charge is 2.31. The summed E-state index contributed by atoms with van der Waals surface area (Å²) in [5.41, 5.74) is -0.196. The summed E-state index contributed by atoms with van der Waals surface area (Å²) in [5, 5.41) is 9.48. The van der Waals surface area contributed by atoms with Gasteiger partial charge in [0.15, 0.2) is 4.77 Å². The highest BCUT2D eigenvalue weighted by atomic mass is 32.1.